The second-order valence-corrected chi connectivity index (χ2v) is 7.64. The molecule has 124 valence electrons. The van der Waals surface area contributed by atoms with Crippen molar-refractivity contribution in [3.8, 4) is 5.82 Å². The molecule has 2 aromatic rings. The summed E-state index contributed by atoms with van der Waals surface area (Å²) in [5.74, 6) is 1.74. The predicted octanol–water partition coefficient (Wildman–Crippen LogP) is -0.0621. The molecule has 2 aromatic heterocycles. The molecule has 0 atom stereocenters. The number of hydrogen-bond acceptors (Lipinski definition) is 7. The van der Waals surface area contributed by atoms with Crippen LogP contribution in [0.1, 0.15) is 6.92 Å². The molecule has 9 nitrogen and oxygen atoms in total. The van der Waals surface area contributed by atoms with E-state index in [-0.39, 0.29) is 17.6 Å². The summed E-state index contributed by atoms with van der Waals surface area (Å²) in [5, 5.41) is 7.29. The monoisotopic (exact) mass is 337 g/mol. The Bertz CT molecular complexity index is 770. The van der Waals surface area contributed by atoms with Gasteiger partial charge in [0.15, 0.2) is 5.82 Å². The van der Waals surface area contributed by atoms with Gasteiger partial charge in [-0.1, -0.05) is 0 Å². The molecule has 10 heteroatoms. The molecule has 23 heavy (non-hydrogen) atoms. The molecule has 0 aromatic carbocycles. The van der Waals surface area contributed by atoms with Crippen LogP contribution in [0.5, 0.6) is 0 Å². The van der Waals surface area contributed by atoms with Gasteiger partial charge >= 0.3 is 0 Å². The largest absolute Gasteiger partial charge is 0.369 e. The first-order valence-electron chi connectivity index (χ1n) is 7.34. The maximum atomic E-state index is 11.7. The fraction of sp³-hybridized carbons (Fsp3) is 0.462. The summed E-state index contributed by atoms with van der Waals surface area (Å²) in [6.45, 7) is 3.36. The normalized spacial score (nSPS) is 16.2. The van der Waals surface area contributed by atoms with Crippen LogP contribution in [0, 0.1) is 5.92 Å². The van der Waals surface area contributed by atoms with Gasteiger partial charge in [-0.25, -0.2) is 17.4 Å². The first kappa shape index (κ1) is 15.7. The molecule has 3 heterocycles. The van der Waals surface area contributed by atoms with Crippen LogP contribution < -0.4 is 11.1 Å². The van der Waals surface area contributed by atoms with E-state index in [2.05, 4.69) is 20.4 Å². The molecular formula is C13H19N7O2S. The minimum atomic E-state index is -3.07. The van der Waals surface area contributed by atoms with Gasteiger partial charge in [-0.3, -0.25) is 0 Å². The van der Waals surface area contributed by atoms with Crippen LogP contribution in [0.25, 0.3) is 5.82 Å². The number of hydrogen-bond donors (Lipinski definition) is 2. The van der Waals surface area contributed by atoms with Crippen molar-refractivity contribution in [3.05, 3.63) is 24.5 Å². The number of aromatic nitrogens is 4. The van der Waals surface area contributed by atoms with Crippen molar-refractivity contribution in [1.82, 2.24) is 24.1 Å². The molecule has 0 amide bonds. The van der Waals surface area contributed by atoms with E-state index in [1.807, 2.05) is 0 Å². The quantitative estimate of drug-likeness (QED) is 0.757. The van der Waals surface area contributed by atoms with E-state index >= 15 is 0 Å². The lowest BCUT2D eigenvalue weighted by atomic mass is 10.0. The minimum absolute atomic E-state index is 0.142. The number of nitrogens with one attached hydrogen (secondary N) is 1. The number of rotatable bonds is 6. The van der Waals surface area contributed by atoms with E-state index in [4.69, 9.17) is 5.73 Å². The van der Waals surface area contributed by atoms with Crippen LogP contribution in [0.2, 0.25) is 0 Å². The lowest BCUT2D eigenvalue weighted by molar-refractivity contribution is 0.212. The highest BCUT2D eigenvalue weighted by molar-refractivity contribution is 7.89. The Labute approximate surface area is 134 Å². The summed E-state index contributed by atoms with van der Waals surface area (Å²) in [7, 11) is -3.07. The maximum absolute atomic E-state index is 11.7. The zero-order chi connectivity index (χ0) is 16.4. The Balaban J connectivity index is 1.60. The van der Waals surface area contributed by atoms with Crippen LogP contribution >= 0.6 is 0 Å². The summed E-state index contributed by atoms with van der Waals surface area (Å²) in [6.07, 6.45) is 3.42. The topological polar surface area (TPSA) is 119 Å². The van der Waals surface area contributed by atoms with E-state index in [0.29, 0.717) is 31.3 Å². The third kappa shape index (κ3) is 3.42. The number of nitrogens with zero attached hydrogens (tertiary/aromatic N) is 5. The Morgan fingerprint density at radius 2 is 2.17 bits per heavy atom. The van der Waals surface area contributed by atoms with Gasteiger partial charge in [-0.2, -0.15) is 15.1 Å². The van der Waals surface area contributed by atoms with Gasteiger partial charge in [0.1, 0.15) is 5.82 Å². The van der Waals surface area contributed by atoms with Gasteiger partial charge in [-0.15, -0.1) is 0 Å². The fourth-order valence-electron chi connectivity index (χ4n) is 2.38. The molecule has 0 radical (unpaired) electrons. The van der Waals surface area contributed by atoms with E-state index in [0.717, 1.165) is 0 Å². The summed E-state index contributed by atoms with van der Waals surface area (Å²) in [4.78, 5) is 8.27. The highest BCUT2D eigenvalue weighted by Gasteiger charge is 2.34. The molecule has 0 saturated carbocycles. The molecule has 0 spiro atoms. The molecule has 1 aliphatic rings. The predicted molar refractivity (Wildman–Crippen MR) is 86.6 cm³/mol. The van der Waals surface area contributed by atoms with E-state index in [1.165, 1.54) is 4.31 Å². The second-order valence-electron chi connectivity index (χ2n) is 5.38. The van der Waals surface area contributed by atoms with Crippen molar-refractivity contribution in [2.75, 3.05) is 36.4 Å². The van der Waals surface area contributed by atoms with Crippen molar-refractivity contribution in [3.63, 3.8) is 0 Å². The molecule has 0 aliphatic carbocycles. The van der Waals surface area contributed by atoms with Crippen LogP contribution in [0.3, 0.4) is 0 Å². The van der Waals surface area contributed by atoms with Crippen molar-refractivity contribution < 1.29 is 8.42 Å². The van der Waals surface area contributed by atoms with Crippen molar-refractivity contribution >= 4 is 21.8 Å². The van der Waals surface area contributed by atoms with E-state index in [1.54, 1.807) is 36.1 Å². The summed E-state index contributed by atoms with van der Waals surface area (Å²) < 4.78 is 26.5. The van der Waals surface area contributed by atoms with Crippen LogP contribution in [-0.4, -0.2) is 57.9 Å². The first-order chi connectivity index (χ1) is 11.0. The van der Waals surface area contributed by atoms with Crippen LogP contribution in [-0.2, 0) is 10.0 Å². The highest BCUT2D eigenvalue weighted by atomic mass is 32.2. The van der Waals surface area contributed by atoms with Crippen LogP contribution in [0.15, 0.2) is 24.5 Å². The minimum Gasteiger partial charge on any atom is -0.369 e. The summed E-state index contributed by atoms with van der Waals surface area (Å²) in [5.41, 5.74) is 5.72. The molecule has 0 unspecified atom stereocenters. The average molecular weight is 337 g/mol. The molecule has 1 saturated heterocycles. The molecular weight excluding hydrogens is 318 g/mol. The zero-order valence-corrected chi connectivity index (χ0v) is 13.6. The number of nitrogens with two attached hydrogens (primary N) is 1. The standard InChI is InChI=1S/C13H19N7O2S/c1-2-23(21,22)19-8-10(9-19)7-15-11-6-12(18-13(14)17-11)20-5-3-4-16-20/h3-6,10H,2,7-9H2,1H3,(H3,14,15,17,18). The Morgan fingerprint density at radius 3 is 2.83 bits per heavy atom. The zero-order valence-electron chi connectivity index (χ0n) is 12.8. The smallest absolute Gasteiger partial charge is 0.224 e. The Morgan fingerprint density at radius 1 is 1.39 bits per heavy atom. The van der Waals surface area contributed by atoms with E-state index in [9.17, 15) is 8.42 Å². The number of anilines is 2. The van der Waals surface area contributed by atoms with Gasteiger partial charge in [0.2, 0.25) is 16.0 Å². The van der Waals surface area contributed by atoms with Gasteiger partial charge < -0.3 is 11.1 Å². The van der Waals surface area contributed by atoms with E-state index < -0.39 is 10.0 Å². The first-order valence-corrected chi connectivity index (χ1v) is 8.95. The van der Waals surface area contributed by atoms with Gasteiger partial charge in [0.25, 0.3) is 0 Å². The van der Waals surface area contributed by atoms with Crippen molar-refractivity contribution in [1.29, 1.82) is 0 Å². The van der Waals surface area contributed by atoms with Gasteiger partial charge in [0.05, 0.1) is 5.75 Å². The summed E-state index contributed by atoms with van der Waals surface area (Å²) in [6, 6.07) is 3.55. The Hall–Kier alpha value is -2.20. The summed E-state index contributed by atoms with van der Waals surface area (Å²) >= 11 is 0. The molecule has 0 bridgehead atoms. The molecule has 1 fully saturated rings. The Kier molecular flexibility index (Phi) is 4.18. The lowest BCUT2D eigenvalue weighted by Gasteiger charge is -2.38. The number of nitrogen functional groups attached to an aromatic ring is 1. The molecule has 3 N–H and O–H groups in total. The average Bonchev–Trinajstić information content (AvgIpc) is 2.99. The van der Waals surface area contributed by atoms with Gasteiger partial charge in [-0.05, 0) is 13.0 Å². The number of sulfonamides is 1. The third-order valence-electron chi connectivity index (χ3n) is 3.72. The lowest BCUT2D eigenvalue weighted by Crippen LogP contribution is -2.52. The van der Waals surface area contributed by atoms with Crippen molar-refractivity contribution in [2.45, 2.75) is 6.92 Å². The maximum Gasteiger partial charge on any atom is 0.224 e. The van der Waals surface area contributed by atoms with Crippen molar-refractivity contribution in [2.24, 2.45) is 5.92 Å². The van der Waals surface area contributed by atoms with Crippen LogP contribution in [0.4, 0.5) is 11.8 Å². The van der Waals surface area contributed by atoms with Gasteiger partial charge in [0, 0.05) is 44.0 Å². The molecule has 1 aliphatic heterocycles. The molecule has 3 rings (SSSR count). The highest BCUT2D eigenvalue weighted by Crippen LogP contribution is 2.20. The SMILES string of the molecule is CCS(=O)(=O)N1CC(CNc2cc(-n3cccn3)nc(N)n2)C1. The second kappa shape index (κ2) is 6.13. The fourth-order valence-corrected chi connectivity index (χ4v) is 3.62. The third-order valence-corrected chi connectivity index (χ3v) is 5.54.